The summed E-state index contributed by atoms with van der Waals surface area (Å²) in [6.07, 6.45) is 0. The summed E-state index contributed by atoms with van der Waals surface area (Å²) in [6, 6.07) is 71.8. The van der Waals surface area contributed by atoms with Crippen LogP contribution in [0, 0.1) is 0 Å². The summed E-state index contributed by atoms with van der Waals surface area (Å²) in [6.45, 7) is 0. The summed E-state index contributed by atoms with van der Waals surface area (Å²) < 4.78 is 0. The van der Waals surface area contributed by atoms with E-state index in [1.54, 1.807) is 0 Å². The number of halogens is 2. The van der Waals surface area contributed by atoms with Crippen LogP contribution in [0.1, 0.15) is 0 Å². The van der Waals surface area contributed by atoms with Gasteiger partial charge in [-0.2, -0.15) is 0 Å². The zero-order valence-corrected chi connectivity index (χ0v) is 33.0. The average Bonchev–Trinajstić information content (AvgIpc) is 3.17. The van der Waals surface area contributed by atoms with E-state index in [1.165, 1.54) is 64.5 Å². The SMILES string of the molecule is [Br][Pd][Br].c1ccc(P(c2ccccc2)c2ccc3ccccc3c2-c2c(P(c3ccccc3)c3ccccc3)ccc3ccccc23)cc1. The van der Waals surface area contributed by atoms with Crippen molar-refractivity contribution in [2.75, 3.05) is 0 Å². The van der Waals surface area contributed by atoms with Crippen LogP contribution in [0.15, 0.2) is 194 Å². The third-order valence-corrected chi connectivity index (χ3v) is 13.6. The van der Waals surface area contributed by atoms with E-state index < -0.39 is 15.8 Å². The monoisotopic (exact) mass is 886 g/mol. The molecule has 0 aliphatic carbocycles. The first-order chi connectivity index (χ1) is 24.3. The number of rotatable bonds is 7. The summed E-state index contributed by atoms with van der Waals surface area (Å²) in [5.41, 5.74) is 2.70. The quantitative estimate of drug-likeness (QED) is 0.110. The van der Waals surface area contributed by atoms with E-state index in [9.17, 15) is 0 Å². The van der Waals surface area contributed by atoms with Gasteiger partial charge in [0, 0.05) is 0 Å². The molecule has 0 saturated carbocycles. The summed E-state index contributed by atoms with van der Waals surface area (Å²) in [5.74, 6) is 0. The molecule has 0 radical (unpaired) electrons. The Hall–Kier alpha value is -3.24. The smallest absolute Gasteiger partial charge is 0.000884 e. The molecule has 5 heteroatoms. The fraction of sp³-hybridized carbons (Fsp3) is 0. The third-order valence-electron chi connectivity index (χ3n) is 8.60. The van der Waals surface area contributed by atoms with Gasteiger partial charge in [0.05, 0.1) is 0 Å². The third kappa shape index (κ3) is 7.46. The van der Waals surface area contributed by atoms with Crippen LogP contribution in [0.2, 0.25) is 0 Å². The molecule has 0 N–H and O–H groups in total. The molecule has 0 fully saturated rings. The Morgan fingerprint density at radius 2 is 0.571 bits per heavy atom. The summed E-state index contributed by atoms with van der Waals surface area (Å²) >= 11 is 6.80. The van der Waals surface area contributed by atoms with Gasteiger partial charge >= 0.3 is 40.8 Å². The molecule has 0 spiro atoms. The Labute approximate surface area is 312 Å². The van der Waals surface area contributed by atoms with Gasteiger partial charge in [-0.1, -0.05) is 194 Å². The Morgan fingerprint density at radius 1 is 0.306 bits per heavy atom. The summed E-state index contributed by atoms with van der Waals surface area (Å²) in [7, 11) is -1.70. The number of hydrogen-bond donors (Lipinski definition) is 0. The maximum Gasteiger partial charge on any atom is -0.000884 e. The Morgan fingerprint density at radius 3 is 0.878 bits per heavy atom. The van der Waals surface area contributed by atoms with Crippen molar-refractivity contribution in [3.63, 3.8) is 0 Å². The van der Waals surface area contributed by atoms with Crippen molar-refractivity contribution in [2.45, 2.75) is 0 Å². The van der Waals surface area contributed by atoms with E-state index in [4.69, 9.17) is 0 Å². The fourth-order valence-electron chi connectivity index (χ4n) is 6.58. The zero-order chi connectivity index (χ0) is 33.4. The Balaban J connectivity index is 0.00000122. The molecule has 0 saturated heterocycles. The maximum atomic E-state index is 3.11. The van der Waals surface area contributed by atoms with Crippen molar-refractivity contribution >= 4 is 96.1 Å². The van der Waals surface area contributed by atoms with Crippen LogP contribution in [0.25, 0.3) is 32.7 Å². The van der Waals surface area contributed by atoms with Crippen molar-refractivity contribution in [3.8, 4) is 11.1 Å². The number of benzene rings is 8. The first kappa shape index (κ1) is 34.2. The second-order valence-electron chi connectivity index (χ2n) is 11.4. The van der Waals surface area contributed by atoms with Gasteiger partial charge in [0.25, 0.3) is 0 Å². The van der Waals surface area contributed by atoms with Crippen LogP contribution in [-0.2, 0) is 13.9 Å². The fourth-order valence-corrected chi connectivity index (χ4v) is 11.5. The van der Waals surface area contributed by atoms with E-state index in [-0.39, 0.29) is 0 Å². The van der Waals surface area contributed by atoms with Gasteiger partial charge in [0.15, 0.2) is 0 Å². The first-order valence-corrected chi connectivity index (χ1v) is 25.7. The van der Waals surface area contributed by atoms with E-state index in [1.807, 2.05) is 0 Å². The molecule has 8 rings (SSSR count). The Kier molecular flexibility index (Phi) is 11.6. The van der Waals surface area contributed by atoms with Crippen molar-refractivity contribution < 1.29 is 13.9 Å². The first-order valence-electron chi connectivity index (χ1n) is 15.9. The maximum absolute atomic E-state index is 3.11. The molecule has 0 aliphatic heterocycles. The van der Waals surface area contributed by atoms with E-state index in [0.29, 0.717) is 13.9 Å². The van der Waals surface area contributed by atoms with Crippen LogP contribution in [0.3, 0.4) is 0 Å². The van der Waals surface area contributed by atoms with Gasteiger partial charge in [-0.05, 0) is 80.3 Å². The van der Waals surface area contributed by atoms with Gasteiger partial charge in [0.1, 0.15) is 0 Å². The molecule has 0 unspecified atom stereocenters. The van der Waals surface area contributed by atoms with Gasteiger partial charge in [0.2, 0.25) is 0 Å². The van der Waals surface area contributed by atoms with Crippen molar-refractivity contribution in [2.24, 2.45) is 0 Å². The topological polar surface area (TPSA) is 0 Å². The molecule has 0 aromatic heterocycles. The van der Waals surface area contributed by atoms with Crippen LogP contribution >= 0.6 is 42.7 Å². The van der Waals surface area contributed by atoms with Crippen LogP contribution in [0.5, 0.6) is 0 Å². The van der Waals surface area contributed by atoms with E-state index in [0.717, 1.165) is 0 Å². The second kappa shape index (κ2) is 16.6. The van der Waals surface area contributed by atoms with Gasteiger partial charge in [-0.3, -0.25) is 0 Å². The normalized spacial score (nSPS) is 11.2. The Bertz CT molecular complexity index is 2040. The molecule has 0 heterocycles. The molecule has 0 aliphatic rings. The van der Waals surface area contributed by atoms with E-state index in [2.05, 4.69) is 221 Å². The molecule has 0 nitrogen and oxygen atoms in total. The minimum absolute atomic E-state index is 0.575. The molecule has 0 bridgehead atoms. The van der Waals surface area contributed by atoms with E-state index >= 15 is 0 Å². The van der Waals surface area contributed by atoms with Gasteiger partial charge in [-0.15, -0.1) is 0 Å². The molecular weight excluding hydrogens is 857 g/mol. The predicted octanol–water partition coefficient (Wildman–Crippen LogP) is 10.9. The molecular formula is C44H32Br2P2Pd. The molecule has 8 aromatic rings. The standard InChI is InChI=1S/C44H32P2.2BrH.Pd/c1-5-19-35(20-6-1)45(36-21-7-2-8-22-36)41-31-29-33-17-13-15-27-39(33)43(41)44-40-28-16-14-18-34(40)30-32-42(44)46(37-23-9-3-10-24-37)38-25-11-4-12-26-38;;;/h1-32H;2*1H;/q;;;+2/p-2. The van der Waals surface area contributed by atoms with Gasteiger partial charge in [-0.25, -0.2) is 0 Å². The zero-order valence-electron chi connectivity index (χ0n) is 26.4. The van der Waals surface area contributed by atoms with Crippen molar-refractivity contribution in [3.05, 3.63) is 194 Å². The van der Waals surface area contributed by atoms with Crippen LogP contribution in [-0.4, -0.2) is 0 Å². The average molecular weight is 889 g/mol. The number of fused-ring (bicyclic) bond motifs is 2. The van der Waals surface area contributed by atoms with Gasteiger partial charge < -0.3 is 0 Å². The molecule has 8 aromatic carbocycles. The minimum Gasteiger partial charge on any atom is -0.0622 e. The van der Waals surface area contributed by atoms with Crippen molar-refractivity contribution in [1.82, 2.24) is 0 Å². The number of hydrogen-bond acceptors (Lipinski definition) is 0. The molecule has 0 atom stereocenters. The predicted molar refractivity (Wildman–Crippen MR) is 222 cm³/mol. The largest absolute Gasteiger partial charge is 0.0622 e. The molecule has 242 valence electrons. The van der Waals surface area contributed by atoms with Crippen molar-refractivity contribution in [1.29, 1.82) is 0 Å². The summed E-state index contributed by atoms with van der Waals surface area (Å²) in [4.78, 5) is 0. The minimum atomic E-state index is -0.852. The molecule has 0 amide bonds. The van der Waals surface area contributed by atoms with Crippen LogP contribution < -0.4 is 31.8 Å². The second-order valence-corrected chi connectivity index (χ2v) is 23.0. The summed E-state index contributed by atoms with van der Waals surface area (Å²) in [5, 5.41) is 13.3. The van der Waals surface area contributed by atoms with Crippen LogP contribution in [0.4, 0.5) is 0 Å². The molecule has 49 heavy (non-hydrogen) atoms.